The van der Waals surface area contributed by atoms with Crippen molar-refractivity contribution in [1.82, 2.24) is 0 Å². The van der Waals surface area contributed by atoms with E-state index in [-0.39, 0.29) is 17.1 Å². The quantitative estimate of drug-likeness (QED) is 0.385. The Morgan fingerprint density at radius 1 is 1.05 bits per heavy atom. The number of ether oxygens (including phenoxy) is 2. The third-order valence-electron chi connectivity index (χ3n) is 2.62. The van der Waals surface area contributed by atoms with E-state index in [1.54, 1.807) is 13.8 Å². The molecule has 0 radical (unpaired) electrons. The number of rotatable bonds is 8. The highest BCUT2D eigenvalue weighted by molar-refractivity contribution is 5.88. The van der Waals surface area contributed by atoms with Crippen LogP contribution >= 0.6 is 0 Å². The minimum atomic E-state index is -0.889. The topological polar surface area (TPSA) is 52.6 Å². The molecule has 0 heterocycles. The molecule has 0 spiro atoms. The SMILES string of the molecule is C=C(C)C(=O)OC(OC(=O)C(=C)C)C(C)CCCC. The van der Waals surface area contributed by atoms with Crippen LogP contribution in [0, 0.1) is 5.92 Å². The molecule has 108 valence electrons. The normalized spacial score (nSPS) is 11.8. The molecule has 0 aliphatic heterocycles. The van der Waals surface area contributed by atoms with Gasteiger partial charge in [0.15, 0.2) is 0 Å². The van der Waals surface area contributed by atoms with Gasteiger partial charge in [0.2, 0.25) is 0 Å². The highest BCUT2D eigenvalue weighted by atomic mass is 16.7. The summed E-state index contributed by atoms with van der Waals surface area (Å²) in [6.07, 6.45) is 1.93. The van der Waals surface area contributed by atoms with Crippen molar-refractivity contribution < 1.29 is 19.1 Å². The summed E-state index contributed by atoms with van der Waals surface area (Å²) in [6, 6.07) is 0. The Hall–Kier alpha value is -1.58. The van der Waals surface area contributed by atoms with Gasteiger partial charge in [0.05, 0.1) is 0 Å². The first kappa shape index (κ1) is 17.4. The Balaban J connectivity index is 4.71. The van der Waals surface area contributed by atoms with Gasteiger partial charge >= 0.3 is 11.9 Å². The van der Waals surface area contributed by atoms with Gasteiger partial charge in [-0.15, -0.1) is 0 Å². The average molecular weight is 268 g/mol. The standard InChI is InChI=1S/C15H24O4/c1-7-8-9-12(6)15(18-13(16)10(2)3)19-14(17)11(4)5/h12,15H,2,4,7-9H2,1,3,5-6H3. The van der Waals surface area contributed by atoms with Crippen LogP contribution in [0.3, 0.4) is 0 Å². The maximum absolute atomic E-state index is 11.5. The third-order valence-corrected chi connectivity index (χ3v) is 2.62. The summed E-state index contributed by atoms with van der Waals surface area (Å²) in [5.41, 5.74) is 0.554. The zero-order valence-corrected chi connectivity index (χ0v) is 12.3. The van der Waals surface area contributed by atoms with Gasteiger partial charge in [-0.25, -0.2) is 9.59 Å². The number of carbonyl (C=O) groups is 2. The van der Waals surface area contributed by atoms with Gasteiger partial charge in [0.1, 0.15) is 0 Å². The molecule has 0 fully saturated rings. The molecule has 4 heteroatoms. The van der Waals surface area contributed by atoms with Gasteiger partial charge in [-0.1, -0.05) is 39.8 Å². The molecule has 0 aromatic carbocycles. The molecule has 19 heavy (non-hydrogen) atoms. The number of hydrogen-bond acceptors (Lipinski definition) is 4. The maximum Gasteiger partial charge on any atom is 0.336 e. The summed E-state index contributed by atoms with van der Waals surface area (Å²) in [7, 11) is 0. The Labute approximate surface area is 115 Å². The van der Waals surface area contributed by atoms with Crippen LogP contribution in [-0.4, -0.2) is 18.2 Å². The summed E-state index contributed by atoms with van der Waals surface area (Å²) in [5, 5.41) is 0. The number of unbranched alkanes of at least 4 members (excludes halogenated alkanes) is 1. The second-order valence-corrected chi connectivity index (χ2v) is 4.86. The van der Waals surface area contributed by atoms with E-state index in [4.69, 9.17) is 9.47 Å². The highest BCUT2D eigenvalue weighted by Gasteiger charge is 2.25. The van der Waals surface area contributed by atoms with Crippen LogP contribution in [0.25, 0.3) is 0 Å². The van der Waals surface area contributed by atoms with Crippen LogP contribution in [0.4, 0.5) is 0 Å². The molecule has 4 nitrogen and oxygen atoms in total. The molecule has 0 bridgehead atoms. The van der Waals surface area contributed by atoms with E-state index in [1.165, 1.54) is 0 Å². The van der Waals surface area contributed by atoms with Gasteiger partial charge < -0.3 is 9.47 Å². The minimum Gasteiger partial charge on any atom is -0.422 e. The van der Waals surface area contributed by atoms with Gasteiger partial charge in [-0.2, -0.15) is 0 Å². The average Bonchev–Trinajstić information content (AvgIpc) is 2.34. The van der Waals surface area contributed by atoms with E-state index in [9.17, 15) is 9.59 Å². The molecule has 0 rings (SSSR count). The summed E-state index contributed by atoms with van der Waals surface area (Å²) in [4.78, 5) is 23.1. The Morgan fingerprint density at radius 3 is 1.79 bits per heavy atom. The van der Waals surface area contributed by atoms with E-state index < -0.39 is 18.2 Å². The number of carbonyl (C=O) groups excluding carboxylic acids is 2. The summed E-state index contributed by atoms with van der Waals surface area (Å²) < 4.78 is 10.3. The van der Waals surface area contributed by atoms with E-state index in [0.29, 0.717) is 0 Å². The first-order chi connectivity index (χ1) is 8.79. The maximum atomic E-state index is 11.5. The highest BCUT2D eigenvalue weighted by Crippen LogP contribution is 2.18. The number of hydrogen-bond donors (Lipinski definition) is 0. The van der Waals surface area contributed by atoms with Gasteiger partial charge in [-0.05, 0) is 20.3 Å². The van der Waals surface area contributed by atoms with Crippen molar-refractivity contribution in [1.29, 1.82) is 0 Å². The van der Waals surface area contributed by atoms with Gasteiger partial charge in [0.25, 0.3) is 6.29 Å². The summed E-state index contributed by atoms with van der Waals surface area (Å²) >= 11 is 0. The van der Waals surface area contributed by atoms with Gasteiger partial charge in [0, 0.05) is 17.1 Å². The Morgan fingerprint density at radius 2 is 1.47 bits per heavy atom. The fourth-order valence-corrected chi connectivity index (χ4v) is 1.33. The smallest absolute Gasteiger partial charge is 0.336 e. The fraction of sp³-hybridized carbons (Fsp3) is 0.600. The van der Waals surface area contributed by atoms with Crippen LogP contribution in [0.15, 0.2) is 24.3 Å². The van der Waals surface area contributed by atoms with Crippen molar-refractivity contribution >= 4 is 11.9 Å². The fourth-order valence-electron chi connectivity index (χ4n) is 1.33. The zero-order chi connectivity index (χ0) is 15.0. The monoisotopic (exact) mass is 268 g/mol. The second-order valence-electron chi connectivity index (χ2n) is 4.86. The van der Waals surface area contributed by atoms with Crippen LogP contribution in [0.2, 0.25) is 0 Å². The molecule has 0 N–H and O–H groups in total. The van der Waals surface area contributed by atoms with Crippen molar-refractivity contribution in [3.63, 3.8) is 0 Å². The largest absolute Gasteiger partial charge is 0.422 e. The van der Waals surface area contributed by atoms with Crippen molar-refractivity contribution in [3.8, 4) is 0 Å². The lowest BCUT2D eigenvalue weighted by Gasteiger charge is -2.24. The first-order valence-corrected chi connectivity index (χ1v) is 6.52. The van der Waals surface area contributed by atoms with Crippen LogP contribution in [-0.2, 0) is 19.1 Å². The minimum absolute atomic E-state index is 0.0634. The van der Waals surface area contributed by atoms with Crippen molar-refractivity contribution in [2.75, 3.05) is 0 Å². The van der Waals surface area contributed by atoms with Crippen LogP contribution in [0.5, 0.6) is 0 Å². The summed E-state index contributed by atoms with van der Waals surface area (Å²) in [5.74, 6) is -1.17. The zero-order valence-electron chi connectivity index (χ0n) is 12.3. The number of esters is 2. The lowest BCUT2D eigenvalue weighted by Crippen LogP contribution is -2.31. The molecule has 0 aliphatic rings. The predicted molar refractivity (Wildman–Crippen MR) is 74.3 cm³/mol. The molecular formula is C15H24O4. The second kappa shape index (κ2) is 8.51. The molecule has 1 unspecified atom stereocenters. The first-order valence-electron chi connectivity index (χ1n) is 6.52. The summed E-state index contributed by atoms with van der Waals surface area (Å²) in [6.45, 7) is 14.1. The van der Waals surface area contributed by atoms with Crippen LogP contribution < -0.4 is 0 Å². The van der Waals surface area contributed by atoms with Gasteiger partial charge in [-0.3, -0.25) is 0 Å². The van der Waals surface area contributed by atoms with E-state index in [0.717, 1.165) is 19.3 Å². The van der Waals surface area contributed by atoms with Crippen LogP contribution in [0.1, 0.15) is 47.0 Å². The molecular weight excluding hydrogens is 244 g/mol. The lowest BCUT2D eigenvalue weighted by molar-refractivity contribution is -0.191. The molecule has 0 saturated heterocycles. The predicted octanol–water partition coefficient (Wildman–Crippen LogP) is 3.38. The third kappa shape index (κ3) is 6.79. The lowest BCUT2D eigenvalue weighted by atomic mass is 10.0. The Kier molecular flexibility index (Phi) is 7.80. The molecule has 0 aliphatic carbocycles. The van der Waals surface area contributed by atoms with E-state index in [1.807, 2.05) is 6.92 Å². The van der Waals surface area contributed by atoms with Crippen molar-refractivity contribution in [2.24, 2.45) is 5.92 Å². The molecule has 0 amide bonds. The molecule has 0 aromatic heterocycles. The molecule has 1 atom stereocenters. The van der Waals surface area contributed by atoms with E-state index in [2.05, 4.69) is 20.1 Å². The Bertz CT molecular complexity index is 329. The van der Waals surface area contributed by atoms with Crippen molar-refractivity contribution in [3.05, 3.63) is 24.3 Å². The molecule has 0 aromatic rings. The van der Waals surface area contributed by atoms with E-state index >= 15 is 0 Å². The van der Waals surface area contributed by atoms with Crippen molar-refractivity contribution in [2.45, 2.75) is 53.2 Å². The molecule has 0 saturated carbocycles.